The van der Waals surface area contributed by atoms with Crippen LogP contribution < -0.4 is 20.1 Å². The van der Waals surface area contributed by atoms with Gasteiger partial charge in [0.2, 0.25) is 5.91 Å². The maximum atomic E-state index is 13.1. The second kappa shape index (κ2) is 8.38. The van der Waals surface area contributed by atoms with Gasteiger partial charge in [-0.25, -0.2) is 0 Å². The Kier molecular flexibility index (Phi) is 5.66. The minimum atomic E-state index is -0.368. The van der Waals surface area contributed by atoms with Crippen molar-refractivity contribution < 1.29 is 19.1 Å². The Morgan fingerprint density at radius 1 is 1.03 bits per heavy atom. The van der Waals surface area contributed by atoms with Crippen molar-refractivity contribution in [2.75, 3.05) is 14.2 Å². The van der Waals surface area contributed by atoms with Crippen molar-refractivity contribution in [3.8, 4) is 11.5 Å². The SMILES string of the molecule is COc1ccc(C2(NC(=O)C[C@@H]3NC(=O)c4cc(OC)ccc43)CCCCC2)cc1. The van der Waals surface area contributed by atoms with Gasteiger partial charge in [-0.1, -0.05) is 37.5 Å². The van der Waals surface area contributed by atoms with Gasteiger partial charge in [-0.2, -0.15) is 0 Å². The predicted molar refractivity (Wildman–Crippen MR) is 114 cm³/mol. The number of nitrogens with one attached hydrogen (secondary N) is 2. The zero-order valence-corrected chi connectivity index (χ0v) is 17.5. The van der Waals surface area contributed by atoms with Crippen LogP contribution in [-0.4, -0.2) is 26.0 Å². The van der Waals surface area contributed by atoms with Gasteiger partial charge in [0.1, 0.15) is 11.5 Å². The number of hydrogen-bond donors (Lipinski definition) is 2. The first-order chi connectivity index (χ1) is 14.5. The number of hydrogen-bond acceptors (Lipinski definition) is 4. The zero-order chi connectivity index (χ0) is 21.1. The van der Waals surface area contributed by atoms with Crippen LogP contribution in [0, 0.1) is 0 Å². The normalized spacial score (nSPS) is 19.5. The van der Waals surface area contributed by atoms with E-state index in [1.54, 1.807) is 20.3 Å². The van der Waals surface area contributed by atoms with Crippen LogP contribution in [-0.2, 0) is 10.3 Å². The predicted octanol–water partition coefficient (Wildman–Crippen LogP) is 3.85. The number of methoxy groups -OCH3 is 2. The summed E-state index contributed by atoms with van der Waals surface area (Å²) in [5.74, 6) is 1.22. The molecule has 0 saturated heterocycles. The van der Waals surface area contributed by atoms with Crippen LogP contribution in [0.1, 0.15) is 66.1 Å². The van der Waals surface area contributed by atoms with Gasteiger partial charge in [0.15, 0.2) is 0 Å². The fourth-order valence-electron chi connectivity index (χ4n) is 4.69. The third kappa shape index (κ3) is 3.86. The molecule has 0 bridgehead atoms. The minimum absolute atomic E-state index is 0.0540. The first kappa shape index (κ1) is 20.3. The fourth-order valence-corrected chi connectivity index (χ4v) is 4.69. The molecule has 1 aliphatic carbocycles. The van der Waals surface area contributed by atoms with E-state index >= 15 is 0 Å². The summed E-state index contributed by atoms with van der Waals surface area (Å²) in [5.41, 5.74) is 2.16. The number of benzene rings is 2. The molecule has 6 heteroatoms. The molecule has 30 heavy (non-hydrogen) atoms. The number of amides is 2. The Hall–Kier alpha value is -3.02. The third-order valence-electron chi connectivity index (χ3n) is 6.30. The number of carbonyl (C=O) groups is 2. The van der Waals surface area contributed by atoms with Crippen molar-refractivity contribution in [3.05, 3.63) is 59.2 Å². The number of ether oxygens (including phenoxy) is 2. The maximum absolute atomic E-state index is 13.1. The van der Waals surface area contributed by atoms with Crippen LogP contribution in [0.25, 0.3) is 0 Å². The summed E-state index contributed by atoms with van der Waals surface area (Å²) >= 11 is 0. The Balaban J connectivity index is 1.52. The molecule has 158 valence electrons. The monoisotopic (exact) mass is 408 g/mol. The van der Waals surface area contributed by atoms with E-state index in [0.717, 1.165) is 42.6 Å². The molecule has 6 nitrogen and oxygen atoms in total. The molecule has 1 aliphatic heterocycles. The van der Waals surface area contributed by atoms with Crippen LogP contribution in [0.15, 0.2) is 42.5 Å². The average Bonchev–Trinajstić information content (AvgIpc) is 3.08. The molecule has 0 unspecified atom stereocenters. The number of rotatable bonds is 6. The van der Waals surface area contributed by atoms with E-state index < -0.39 is 0 Å². The van der Waals surface area contributed by atoms with Gasteiger partial charge in [-0.3, -0.25) is 9.59 Å². The van der Waals surface area contributed by atoms with Crippen LogP contribution in [0.4, 0.5) is 0 Å². The second-order valence-corrected chi connectivity index (χ2v) is 8.10. The summed E-state index contributed by atoms with van der Waals surface area (Å²) in [5, 5.41) is 6.26. The lowest BCUT2D eigenvalue weighted by Crippen LogP contribution is -2.47. The highest BCUT2D eigenvalue weighted by atomic mass is 16.5. The summed E-state index contributed by atoms with van der Waals surface area (Å²) < 4.78 is 10.5. The lowest BCUT2D eigenvalue weighted by Gasteiger charge is -2.39. The summed E-state index contributed by atoms with van der Waals surface area (Å²) in [6.07, 6.45) is 5.38. The van der Waals surface area contributed by atoms with Gasteiger partial charge < -0.3 is 20.1 Å². The van der Waals surface area contributed by atoms with Crippen molar-refractivity contribution in [1.82, 2.24) is 10.6 Å². The molecule has 0 radical (unpaired) electrons. The van der Waals surface area contributed by atoms with E-state index in [-0.39, 0.29) is 29.8 Å². The second-order valence-electron chi connectivity index (χ2n) is 8.10. The van der Waals surface area contributed by atoms with Gasteiger partial charge in [0.25, 0.3) is 5.91 Å². The molecule has 2 N–H and O–H groups in total. The van der Waals surface area contributed by atoms with Crippen molar-refractivity contribution in [2.24, 2.45) is 0 Å². The molecule has 2 amide bonds. The topological polar surface area (TPSA) is 76.7 Å². The fraction of sp³-hybridized carbons (Fsp3) is 0.417. The molecular weight excluding hydrogens is 380 g/mol. The first-order valence-electron chi connectivity index (χ1n) is 10.5. The van der Waals surface area contributed by atoms with Crippen molar-refractivity contribution in [3.63, 3.8) is 0 Å². The summed E-state index contributed by atoms with van der Waals surface area (Å²) in [7, 11) is 3.22. The smallest absolute Gasteiger partial charge is 0.252 e. The Bertz CT molecular complexity index is 933. The zero-order valence-electron chi connectivity index (χ0n) is 17.5. The molecule has 0 aromatic heterocycles. The molecule has 1 saturated carbocycles. The number of fused-ring (bicyclic) bond motifs is 1. The molecule has 1 fully saturated rings. The lowest BCUT2D eigenvalue weighted by atomic mass is 9.76. The van der Waals surface area contributed by atoms with Crippen LogP contribution in [0.2, 0.25) is 0 Å². The van der Waals surface area contributed by atoms with Crippen molar-refractivity contribution >= 4 is 11.8 Å². The van der Waals surface area contributed by atoms with Gasteiger partial charge in [0, 0.05) is 5.56 Å². The summed E-state index contributed by atoms with van der Waals surface area (Å²) in [4.78, 5) is 25.4. The molecular formula is C24H28N2O4. The Morgan fingerprint density at radius 3 is 2.37 bits per heavy atom. The lowest BCUT2D eigenvalue weighted by molar-refractivity contribution is -0.124. The third-order valence-corrected chi connectivity index (χ3v) is 6.30. The first-order valence-corrected chi connectivity index (χ1v) is 10.5. The summed E-state index contributed by atoms with van der Waals surface area (Å²) in [6, 6.07) is 13.1. The van der Waals surface area contributed by atoms with E-state index in [4.69, 9.17) is 9.47 Å². The van der Waals surface area contributed by atoms with Crippen LogP contribution in [0.5, 0.6) is 11.5 Å². The molecule has 2 aromatic rings. The van der Waals surface area contributed by atoms with E-state index in [1.165, 1.54) is 6.42 Å². The maximum Gasteiger partial charge on any atom is 0.252 e. The van der Waals surface area contributed by atoms with Gasteiger partial charge in [0.05, 0.1) is 32.2 Å². The van der Waals surface area contributed by atoms with Crippen LogP contribution in [0.3, 0.4) is 0 Å². The van der Waals surface area contributed by atoms with Gasteiger partial charge >= 0.3 is 0 Å². The van der Waals surface area contributed by atoms with E-state index in [0.29, 0.717) is 11.3 Å². The van der Waals surface area contributed by atoms with E-state index in [9.17, 15) is 9.59 Å². The average molecular weight is 408 g/mol. The van der Waals surface area contributed by atoms with E-state index in [2.05, 4.69) is 10.6 Å². The highest BCUT2D eigenvalue weighted by Gasteiger charge is 2.37. The molecule has 2 aromatic carbocycles. The standard InChI is InChI=1S/C24H28N2O4/c1-29-17-8-6-16(7-9-17)24(12-4-3-5-13-24)26-22(27)15-21-19-11-10-18(30-2)14-20(19)23(28)25-21/h6-11,14,21H,3-5,12-13,15H2,1-2H3,(H,25,28)(H,26,27)/t21-/m0/s1. The van der Waals surface area contributed by atoms with Gasteiger partial charge in [-0.15, -0.1) is 0 Å². The molecule has 1 atom stereocenters. The highest BCUT2D eigenvalue weighted by Crippen LogP contribution is 2.38. The van der Waals surface area contributed by atoms with Crippen LogP contribution >= 0.6 is 0 Å². The number of carbonyl (C=O) groups excluding carboxylic acids is 2. The minimum Gasteiger partial charge on any atom is -0.497 e. The quantitative estimate of drug-likeness (QED) is 0.761. The molecule has 0 spiro atoms. The summed E-state index contributed by atoms with van der Waals surface area (Å²) in [6.45, 7) is 0. The largest absolute Gasteiger partial charge is 0.497 e. The van der Waals surface area contributed by atoms with Crippen molar-refractivity contribution in [1.29, 1.82) is 0 Å². The van der Waals surface area contributed by atoms with Crippen molar-refractivity contribution in [2.45, 2.75) is 50.1 Å². The highest BCUT2D eigenvalue weighted by molar-refractivity contribution is 6.00. The van der Waals surface area contributed by atoms with E-state index in [1.807, 2.05) is 36.4 Å². The van der Waals surface area contributed by atoms with Gasteiger partial charge in [-0.05, 0) is 48.2 Å². The Labute approximate surface area is 177 Å². The molecule has 2 aliphatic rings. The molecule has 1 heterocycles. The Morgan fingerprint density at radius 2 is 1.70 bits per heavy atom. The molecule has 4 rings (SSSR count).